The summed E-state index contributed by atoms with van der Waals surface area (Å²) in [6, 6.07) is 40.3. The van der Waals surface area contributed by atoms with Crippen molar-refractivity contribution in [3.8, 4) is 28.4 Å². The molecule has 4 aromatic carbocycles. The van der Waals surface area contributed by atoms with Crippen molar-refractivity contribution in [2.24, 2.45) is 0 Å². The van der Waals surface area contributed by atoms with Gasteiger partial charge in [-0.3, -0.25) is 9.97 Å². The molecule has 0 N–H and O–H groups in total. The van der Waals surface area contributed by atoms with Crippen LogP contribution in [0.4, 0.5) is 0 Å². The summed E-state index contributed by atoms with van der Waals surface area (Å²) in [5.74, 6) is 1.19. The molecule has 0 radical (unpaired) electrons. The summed E-state index contributed by atoms with van der Waals surface area (Å²) in [4.78, 5) is 14.6. The maximum Gasteiger partial charge on any atom is 2.00 e. The zero-order valence-corrected chi connectivity index (χ0v) is 27.0. The van der Waals surface area contributed by atoms with Crippen molar-refractivity contribution in [1.82, 2.24) is 23.9 Å². The van der Waals surface area contributed by atoms with Crippen molar-refractivity contribution in [3.63, 3.8) is 0 Å². The molecule has 226 valence electrons. The van der Waals surface area contributed by atoms with Gasteiger partial charge in [0.1, 0.15) is 5.65 Å². The van der Waals surface area contributed by atoms with Crippen LogP contribution in [0, 0.1) is 12.1 Å². The third-order valence-electron chi connectivity index (χ3n) is 9.46. The maximum absolute atomic E-state index is 6.54. The molecule has 1 aliphatic rings. The number of imidazole rings is 1. The van der Waals surface area contributed by atoms with E-state index < -0.39 is 0 Å². The first-order valence-electron chi connectivity index (χ1n) is 15.4. The summed E-state index contributed by atoms with van der Waals surface area (Å²) in [5, 5.41) is 4.15. The van der Waals surface area contributed by atoms with Crippen LogP contribution >= 0.6 is 0 Å². The van der Waals surface area contributed by atoms with Crippen LogP contribution in [-0.4, -0.2) is 23.9 Å². The molecule has 0 fully saturated rings. The molecule has 47 heavy (non-hydrogen) atoms. The van der Waals surface area contributed by atoms with E-state index in [1.54, 1.807) is 0 Å². The van der Waals surface area contributed by atoms with Gasteiger partial charge in [0.15, 0.2) is 0 Å². The molecule has 0 aliphatic carbocycles. The van der Waals surface area contributed by atoms with E-state index >= 15 is 0 Å². The molecule has 5 aromatic heterocycles. The first-order chi connectivity index (χ1) is 22.6. The average Bonchev–Trinajstić information content (AvgIpc) is 3.69. The van der Waals surface area contributed by atoms with Gasteiger partial charge in [-0.15, -0.1) is 23.8 Å². The molecule has 7 heteroatoms. The normalized spacial score (nSPS) is 13.3. The SMILES string of the molecule is CC1(C)c2ccc(Oc3[c-]c4c(cc3)c3ncccc3n3cc(-c5ccccc5)nc43)[c-]c2-n2c3ncccc3c3cccc1c32.[Pd+2]. The molecular formula is C40H25N5OPd. The predicted octanol–water partition coefficient (Wildman–Crippen LogP) is 9.22. The Morgan fingerprint density at radius 1 is 0.681 bits per heavy atom. The van der Waals surface area contributed by atoms with E-state index in [1.165, 1.54) is 22.0 Å². The second kappa shape index (κ2) is 10.1. The predicted molar refractivity (Wildman–Crippen MR) is 182 cm³/mol. The van der Waals surface area contributed by atoms with E-state index in [9.17, 15) is 0 Å². The Bertz CT molecular complexity index is 2710. The van der Waals surface area contributed by atoms with E-state index in [1.807, 2.05) is 54.9 Å². The van der Waals surface area contributed by atoms with E-state index in [0.717, 1.165) is 55.4 Å². The summed E-state index contributed by atoms with van der Waals surface area (Å²) in [6.45, 7) is 4.55. The van der Waals surface area contributed by atoms with Crippen LogP contribution in [0.1, 0.15) is 25.0 Å². The van der Waals surface area contributed by atoms with Crippen LogP contribution in [0.15, 0.2) is 116 Å². The molecule has 6 heterocycles. The second-order valence-electron chi connectivity index (χ2n) is 12.4. The summed E-state index contributed by atoms with van der Waals surface area (Å²) in [5.41, 5.74) is 9.92. The molecule has 1 aliphatic heterocycles. The van der Waals surface area contributed by atoms with Crippen molar-refractivity contribution < 1.29 is 25.2 Å². The standard InChI is InChI=1S/C40H25N5O.Pd/c1-40(2)31-18-16-26(22-35(31)45-37-28(11-6-13-32(37)40)29-12-7-20-42-38(29)45)46-25-15-17-27-30(21-25)39-43-33(24-9-4-3-5-10-24)23-44(39)34-14-8-19-41-36(27)34;/h3-20,23H,1-2H3;/q-2;+2. The molecule has 0 atom stereocenters. The molecule has 0 amide bonds. The quantitative estimate of drug-likeness (QED) is 0.105. The Hall–Kier alpha value is -5.35. The summed E-state index contributed by atoms with van der Waals surface area (Å²) >= 11 is 0. The number of rotatable bonds is 3. The van der Waals surface area contributed by atoms with Crippen molar-refractivity contribution in [3.05, 3.63) is 139 Å². The van der Waals surface area contributed by atoms with E-state index in [2.05, 4.69) is 95.7 Å². The number of nitrogens with zero attached hydrogens (tertiary/aromatic N) is 5. The van der Waals surface area contributed by atoms with Gasteiger partial charge in [-0.25, -0.2) is 4.98 Å². The fraction of sp³-hybridized carbons (Fsp3) is 0.0750. The van der Waals surface area contributed by atoms with Crippen LogP contribution in [0.5, 0.6) is 11.5 Å². The largest absolute Gasteiger partial charge is 2.00 e. The monoisotopic (exact) mass is 697 g/mol. The number of para-hydroxylation sites is 1. The minimum Gasteiger partial charge on any atom is -0.503 e. The summed E-state index contributed by atoms with van der Waals surface area (Å²) in [6.07, 6.45) is 5.75. The van der Waals surface area contributed by atoms with Crippen LogP contribution in [0.25, 0.3) is 66.3 Å². The molecule has 0 spiro atoms. The number of benzene rings is 4. The molecular weight excluding hydrogens is 673 g/mol. The van der Waals surface area contributed by atoms with Crippen molar-refractivity contribution in [2.45, 2.75) is 19.3 Å². The second-order valence-corrected chi connectivity index (χ2v) is 12.4. The molecule has 0 saturated heterocycles. The number of pyridine rings is 3. The van der Waals surface area contributed by atoms with Crippen molar-refractivity contribution in [1.29, 1.82) is 0 Å². The van der Waals surface area contributed by atoms with Gasteiger partial charge in [-0.1, -0.05) is 91.0 Å². The molecule has 0 saturated carbocycles. The Morgan fingerprint density at radius 3 is 2.36 bits per heavy atom. The minimum atomic E-state index is -0.222. The first kappa shape index (κ1) is 27.9. The van der Waals surface area contributed by atoms with Gasteiger partial charge >= 0.3 is 20.4 Å². The molecule has 0 unspecified atom stereocenters. The van der Waals surface area contributed by atoms with Crippen LogP contribution in [0.3, 0.4) is 0 Å². The van der Waals surface area contributed by atoms with Crippen LogP contribution < -0.4 is 4.74 Å². The van der Waals surface area contributed by atoms with Crippen LogP contribution in [0.2, 0.25) is 0 Å². The van der Waals surface area contributed by atoms with Gasteiger partial charge in [0.05, 0.1) is 27.9 Å². The van der Waals surface area contributed by atoms with Crippen molar-refractivity contribution >= 4 is 49.4 Å². The topological polar surface area (TPSA) is 57.2 Å². The summed E-state index contributed by atoms with van der Waals surface area (Å²) in [7, 11) is 0. The fourth-order valence-corrected chi connectivity index (χ4v) is 7.28. The fourth-order valence-electron chi connectivity index (χ4n) is 7.28. The van der Waals surface area contributed by atoms with E-state index in [0.29, 0.717) is 11.5 Å². The number of aromatic nitrogens is 5. The van der Waals surface area contributed by atoms with E-state index in [-0.39, 0.29) is 25.8 Å². The van der Waals surface area contributed by atoms with Gasteiger partial charge in [0, 0.05) is 46.4 Å². The molecule has 6 nitrogen and oxygen atoms in total. The minimum absolute atomic E-state index is 0. The number of fused-ring (bicyclic) bond motifs is 11. The molecule has 0 bridgehead atoms. The number of hydrogen-bond donors (Lipinski definition) is 0. The first-order valence-corrected chi connectivity index (χ1v) is 15.4. The van der Waals surface area contributed by atoms with Gasteiger partial charge in [-0.05, 0) is 35.2 Å². The van der Waals surface area contributed by atoms with E-state index in [4.69, 9.17) is 19.7 Å². The average molecular weight is 698 g/mol. The van der Waals surface area contributed by atoms with Crippen molar-refractivity contribution in [2.75, 3.05) is 0 Å². The van der Waals surface area contributed by atoms with Gasteiger partial charge < -0.3 is 13.7 Å². The Morgan fingerprint density at radius 2 is 1.47 bits per heavy atom. The third-order valence-corrected chi connectivity index (χ3v) is 9.46. The zero-order chi connectivity index (χ0) is 30.6. The third kappa shape index (κ3) is 3.91. The van der Waals surface area contributed by atoms with Crippen LogP contribution in [-0.2, 0) is 25.8 Å². The van der Waals surface area contributed by atoms with Gasteiger partial charge in [-0.2, -0.15) is 6.07 Å². The Labute approximate surface area is 284 Å². The Balaban J connectivity index is 0.00000302. The zero-order valence-electron chi connectivity index (χ0n) is 25.4. The Kier molecular flexibility index (Phi) is 5.98. The van der Waals surface area contributed by atoms with Gasteiger partial charge in [0.2, 0.25) is 0 Å². The molecule has 10 rings (SSSR count). The van der Waals surface area contributed by atoms with Gasteiger partial charge in [0.25, 0.3) is 0 Å². The smallest absolute Gasteiger partial charge is 0.503 e. The number of ether oxygens (including phenoxy) is 1. The number of hydrogen-bond acceptors (Lipinski definition) is 4. The molecule has 9 aromatic rings. The summed E-state index contributed by atoms with van der Waals surface area (Å²) < 4.78 is 10.9. The maximum atomic E-state index is 6.54.